The van der Waals surface area contributed by atoms with Crippen molar-refractivity contribution in [3.63, 3.8) is 0 Å². The largest absolute Gasteiger partial charge is 0.356 e. The van der Waals surface area contributed by atoms with E-state index in [2.05, 4.69) is 43.0 Å². The van der Waals surface area contributed by atoms with Crippen LogP contribution in [0.25, 0.3) is 0 Å². The number of nitrogens with zero attached hydrogens (tertiary/aromatic N) is 2. The summed E-state index contributed by atoms with van der Waals surface area (Å²) in [6.07, 6.45) is 18.9. The molecule has 118 valence electrons. The molecule has 1 atom stereocenters. The van der Waals surface area contributed by atoms with Crippen LogP contribution in [0.3, 0.4) is 0 Å². The van der Waals surface area contributed by atoms with Crippen LogP contribution in [0.2, 0.25) is 0 Å². The average Bonchev–Trinajstić information content (AvgIpc) is 2.86. The molecule has 0 aliphatic carbocycles. The van der Waals surface area contributed by atoms with Crippen LogP contribution in [-0.4, -0.2) is 29.1 Å². The maximum absolute atomic E-state index is 2.56. The first kappa shape index (κ1) is 17.4. The summed E-state index contributed by atoms with van der Waals surface area (Å²) in [7, 11) is 0. The quantitative estimate of drug-likeness (QED) is 0.444. The van der Waals surface area contributed by atoms with Crippen molar-refractivity contribution in [2.45, 2.75) is 91.1 Å². The van der Waals surface area contributed by atoms with Crippen LogP contribution in [0.4, 0.5) is 0 Å². The lowest BCUT2D eigenvalue weighted by atomic mass is 10.1. The average molecular weight is 281 g/mol. The molecule has 1 aliphatic heterocycles. The monoisotopic (exact) mass is 280 g/mol. The van der Waals surface area contributed by atoms with Gasteiger partial charge in [0, 0.05) is 25.5 Å². The molecule has 0 aromatic rings. The molecular weight excluding hydrogens is 244 g/mol. The van der Waals surface area contributed by atoms with Gasteiger partial charge in [0.2, 0.25) is 0 Å². The van der Waals surface area contributed by atoms with Crippen LogP contribution in [0.1, 0.15) is 85.0 Å². The second-order valence-electron chi connectivity index (χ2n) is 6.14. The number of unbranched alkanes of at least 4 members (excludes halogenated alkanes) is 7. The number of hydrogen-bond acceptors (Lipinski definition) is 2. The highest BCUT2D eigenvalue weighted by molar-refractivity contribution is 4.96. The second kappa shape index (κ2) is 11.0. The smallest absolute Gasteiger partial charge is 0.100 e. The highest BCUT2D eigenvalue weighted by atomic mass is 15.4. The molecule has 1 unspecified atom stereocenters. The zero-order chi connectivity index (χ0) is 14.6. The van der Waals surface area contributed by atoms with Crippen LogP contribution in [0.5, 0.6) is 0 Å². The molecule has 0 radical (unpaired) electrons. The van der Waals surface area contributed by atoms with Crippen molar-refractivity contribution in [2.24, 2.45) is 0 Å². The molecule has 1 rings (SSSR count). The van der Waals surface area contributed by atoms with Gasteiger partial charge in [-0.15, -0.1) is 0 Å². The topological polar surface area (TPSA) is 6.48 Å². The molecule has 0 aromatic heterocycles. The van der Waals surface area contributed by atoms with Gasteiger partial charge in [0.25, 0.3) is 0 Å². The lowest BCUT2D eigenvalue weighted by Gasteiger charge is -2.32. The lowest BCUT2D eigenvalue weighted by Crippen LogP contribution is -2.38. The fraction of sp³-hybridized carbons (Fsp3) is 0.889. The second-order valence-corrected chi connectivity index (χ2v) is 6.14. The highest BCUT2D eigenvalue weighted by Gasteiger charge is 2.23. The Hall–Kier alpha value is -0.660. The molecule has 0 amide bonds. The number of rotatable bonds is 12. The zero-order valence-electron chi connectivity index (χ0n) is 14.1. The van der Waals surface area contributed by atoms with Crippen LogP contribution >= 0.6 is 0 Å². The Bertz CT molecular complexity index is 250. The number of hydrogen-bond donors (Lipinski definition) is 0. The summed E-state index contributed by atoms with van der Waals surface area (Å²) in [6.45, 7) is 9.34. The molecule has 20 heavy (non-hydrogen) atoms. The molecule has 2 heteroatoms. The van der Waals surface area contributed by atoms with Gasteiger partial charge in [-0.2, -0.15) is 0 Å². The third-order valence-electron chi connectivity index (χ3n) is 4.37. The van der Waals surface area contributed by atoms with E-state index in [1.807, 2.05) is 0 Å². The minimum atomic E-state index is 0.627. The molecule has 0 saturated heterocycles. The molecular formula is C18H36N2. The standard InChI is InChI=1S/C18H36N2/c1-4-7-9-10-11-12-13-15-20-17-16-19(14-8-5-2)18(20)6-3/h16-18H,4-15H2,1-3H3. The van der Waals surface area contributed by atoms with Crippen molar-refractivity contribution in [2.75, 3.05) is 13.1 Å². The minimum Gasteiger partial charge on any atom is -0.356 e. The summed E-state index contributed by atoms with van der Waals surface area (Å²) in [4.78, 5) is 5.09. The van der Waals surface area contributed by atoms with E-state index in [1.165, 1.54) is 77.3 Å². The van der Waals surface area contributed by atoms with Crippen molar-refractivity contribution in [3.05, 3.63) is 12.4 Å². The molecule has 0 N–H and O–H groups in total. The molecule has 2 nitrogen and oxygen atoms in total. The van der Waals surface area contributed by atoms with Crippen LogP contribution < -0.4 is 0 Å². The van der Waals surface area contributed by atoms with Gasteiger partial charge in [0.15, 0.2) is 0 Å². The predicted octanol–water partition coefficient (Wildman–Crippen LogP) is 5.36. The lowest BCUT2D eigenvalue weighted by molar-refractivity contribution is 0.144. The molecule has 0 spiro atoms. The van der Waals surface area contributed by atoms with Gasteiger partial charge in [0.1, 0.15) is 6.17 Å². The maximum atomic E-state index is 2.56. The summed E-state index contributed by atoms with van der Waals surface area (Å²) >= 11 is 0. The third kappa shape index (κ3) is 6.19. The summed E-state index contributed by atoms with van der Waals surface area (Å²) < 4.78 is 0. The molecule has 0 fully saturated rings. The van der Waals surface area contributed by atoms with Gasteiger partial charge in [0.05, 0.1) is 0 Å². The Morgan fingerprint density at radius 3 is 1.70 bits per heavy atom. The van der Waals surface area contributed by atoms with Crippen molar-refractivity contribution >= 4 is 0 Å². The Kier molecular flexibility index (Phi) is 9.61. The van der Waals surface area contributed by atoms with Crippen LogP contribution in [0.15, 0.2) is 12.4 Å². The Morgan fingerprint density at radius 2 is 1.15 bits per heavy atom. The zero-order valence-corrected chi connectivity index (χ0v) is 14.1. The Labute approximate surface area is 127 Å². The van der Waals surface area contributed by atoms with Gasteiger partial charge in [-0.25, -0.2) is 0 Å². The van der Waals surface area contributed by atoms with Gasteiger partial charge in [-0.3, -0.25) is 0 Å². The first-order chi connectivity index (χ1) is 9.83. The van der Waals surface area contributed by atoms with E-state index in [-0.39, 0.29) is 0 Å². The van der Waals surface area contributed by atoms with Crippen LogP contribution in [0, 0.1) is 0 Å². The molecule has 1 heterocycles. The van der Waals surface area contributed by atoms with Crippen molar-refractivity contribution in [1.29, 1.82) is 0 Å². The van der Waals surface area contributed by atoms with Crippen molar-refractivity contribution in [3.8, 4) is 0 Å². The molecule has 0 saturated carbocycles. The van der Waals surface area contributed by atoms with Gasteiger partial charge in [-0.05, 0) is 19.3 Å². The fourth-order valence-electron chi connectivity index (χ4n) is 3.07. The van der Waals surface area contributed by atoms with Gasteiger partial charge in [-0.1, -0.05) is 65.7 Å². The van der Waals surface area contributed by atoms with E-state index in [4.69, 9.17) is 0 Å². The summed E-state index contributed by atoms with van der Waals surface area (Å²) in [5.74, 6) is 0. The molecule has 0 aromatic carbocycles. The maximum Gasteiger partial charge on any atom is 0.100 e. The molecule has 0 bridgehead atoms. The first-order valence-electron chi connectivity index (χ1n) is 9.03. The van der Waals surface area contributed by atoms with Crippen LogP contribution in [-0.2, 0) is 0 Å². The van der Waals surface area contributed by atoms with E-state index < -0.39 is 0 Å². The molecule has 1 aliphatic rings. The van der Waals surface area contributed by atoms with Crippen molar-refractivity contribution < 1.29 is 0 Å². The van der Waals surface area contributed by atoms with Crippen molar-refractivity contribution in [1.82, 2.24) is 9.80 Å². The third-order valence-corrected chi connectivity index (χ3v) is 4.37. The van der Waals surface area contributed by atoms with E-state index in [9.17, 15) is 0 Å². The summed E-state index contributed by atoms with van der Waals surface area (Å²) in [5.41, 5.74) is 0. The normalized spacial score (nSPS) is 18.2. The van der Waals surface area contributed by atoms with E-state index in [1.54, 1.807) is 0 Å². The van der Waals surface area contributed by atoms with E-state index in [0.29, 0.717) is 6.17 Å². The summed E-state index contributed by atoms with van der Waals surface area (Å²) in [6, 6.07) is 0. The van der Waals surface area contributed by atoms with Gasteiger partial charge < -0.3 is 9.80 Å². The highest BCUT2D eigenvalue weighted by Crippen LogP contribution is 2.20. The van der Waals surface area contributed by atoms with E-state index >= 15 is 0 Å². The Morgan fingerprint density at radius 1 is 0.650 bits per heavy atom. The van der Waals surface area contributed by atoms with Gasteiger partial charge >= 0.3 is 0 Å². The van der Waals surface area contributed by atoms with E-state index in [0.717, 1.165) is 0 Å². The predicted molar refractivity (Wildman–Crippen MR) is 89.5 cm³/mol. The Balaban J connectivity index is 2.12. The first-order valence-corrected chi connectivity index (χ1v) is 9.03. The SMILES string of the molecule is CCCCCCCCCN1C=CN(CCCC)C1CC. The minimum absolute atomic E-state index is 0.627. The fourth-order valence-corrected chi connectivity index (χ4v) is 3.07. The summed E-state index contributed by atoms with van der Waals surface area (Å²) in [5, 5.41) is 0.